The number of rotatable bonds is 7. The molecular formula is C20H28N4O2S. The fourth-order valence-electron chi connectivity index (χ4n) is 3.47. The van der Waals surface area contributed by atoms with E-state index in [4.69, 9.17) is 4.74 Å². The van der Waals surface area contributed by atoms with Gasteiger partial charge in [-0.15, -0.1) is 10.2 Å². The Morgan fingerprint density at radius 1 is 1.30 bits per heavy atom. The molecule has 0 spiro atoms. The zero-order valence-corrected chi connectivity index (χ0v) is 17.0. The van der Waals surface area contributed by atoms with Crippen LogP contribution < -0.4 is 10.1 Å². The van der Waals surface area contributed by atoms with Gasteiger partial charge in [-0.05, 0) is 37.8 Å². The van der Waals surface area contributed by atoms with Gasteiger partial charge in [-0.2, -0.15) is 0 Å². The molecule has 0 bridgehead atoms. The van der Waals surface area contributed by atoms with Gasteiger partial charge in [0.1, 0.15) is 5.75 Å². The molecule has 6 nitrogen and oxygen atoms in total. The lowest BCUT2D eigenvalue weighted by atomic mass is 9.86. The molecule has 1 saturated carbocycles. The van der Waals surface area contributed by atoms with Crippen molar-refractivity contribution in [2.45, 2.75) is 56.8 Å². The van der Waals surface area contributed by atoms with E-state index in [0.717, 1.165) is 23.2 Å². The summed E-state index contributed by atoms with van der Waals surface area (Å²) in [6, 6.07) is 9.96. The van der Waals surface area contributed by atoms with Crippen molar-refractivity contribution in [1.29, 1.82) is 0 Å². The van der Waals surface area contributed by atoms with Crippen LogP contribution in [0.5, 0.6) is 5.75 Å². The summed E-state index contributed by atoms with van der Waals surface area (Å²) in [6.45, 7) is 4.17. The summed E-state index contributed by atoms with van der Waals surface area (Å²) in [5.74, 6) is 2.51. The van der Waals surface area contributed by atoms with Gasteiger partial charge in [-0.25, -0.2) is 0 Å². The Bertz CT molecular complexity index is 750. The Labute approximate surface area is 165 Å². The van der Waals surface area contributed by atoms with Crippen LogP contribution in [0.4, 0.5) is 0 Å². The van der Waals surface area contributed by atoms with Crippen molar-refractivity contribution in [2.24, 2.45) is 13.0 Å². The number of hydrogen-bond donors (Lipinski definition) is 1. The number of carbonyl (C=O) groups is 1. The maximum Gasteiger partial charge on any atom is 0.230 e. The van der Waals surface area contributed by atoms with Crippen LogP contribution >= 0.6 is 11.8 Å². The molecule has 1 amide bonds. The molecule has 3 rings (SSSR count). The molecule has 0 saturated heterocycles. The molecule has 1 heterocycles. The second-order valence-electron chi connectivity index (χ2n) is 7.20. The SMILES string of the molecule is C[C@H](Oc1ccccc1)c1nnc(SCC(=O)N[C@@H]2CCCC[C@H]2C)n1C. The summed E-state index contributed by atoms with van der Waals surface area (Å²) in [7, 11) is 1.91. The van der Waals surface area contributed by atoms with Crippen LogP contribution in [0, 0.1) is 5.92 Å². The molecule has 1 aromatic heterocycles. The molecule has 146 valence electrons. The minimum absolute atomic E-state index is 0.0666. The number of aromatic nitrogens is 3. The van der Waals surface area contributed by atoms with Crippen LogP contribution in [0.3, 0.4) is 0 Å². The average Bonchev–Trinajstić information content (AvgIpc) is 3.03. The van der Waals surface area contributed by atoms with E-state index in [0.29, 0.717) is 17.7 Å². The lowest BCUT2D eigenvalue weighted by Crippen LogP contribution is -2.41. The predicted octanol–water partition coefficient (Wildman–Crippen LogP) is 3.74. The fourth-order valence-corrected chi connectivity index (χ4v) is 4.20. The van der Waals surface area contributed by atoms with Gasteiger partial charge in [0, 0.05) is 13.1 Å². The van der Waals surface area contributed by atoms with E-state index in [9.17, 15) is 4.79 Å². The number of ether oxygens (including phenoxy) is 1. The van der Waals surface area contributed by atoms with Gasteiger partial charge in [-0.1, -0.05) is 49.7 Å². The minimum Gasteiger partial charge on any atom is -0.483 e. The van der Waals surface area contributed by atoms with Crippen molar-refractivity contribution in [3.05, 3.63) is 36.2 Å². The Morgan fingerprint density at radius 2 is 2.04 bits per heavy atom. The third kappa shape index (κ3) is 5.25. The molecule has 1 aromatic carbocycles. The number of nitrogens with one attached hydrogen (secondary N) is 1. The van der Waals surface area contributed by atoms with Crippen molar-refractivity contribution < 1.29 is 9.53 Å². The number of amides is 1. The summed E-state index contributed by atoms with van der Waals surface area (Å²) in [5.41, 5.74) is 0. The fraction of sp³-hybridized carbons (Fsp3) is 0.550. The van der Waals surface area contributed by atoms with E-state index in [1.165, 1.54) is 31.0 Å². The molecule has 7 heteroatoms. The van der Waals surface area contributed by atoms with Crippen molar-refractivity contribution in [1.82, 2.24) is 20.1 Å². The van der Waals surface area contributed by atoms with Gasteiger partial charge in [0.15, 0.2) is 17.1 Å². The molecular weight excluding hydrogens is 360 g/mol. The molecule has 1 fully saturated rings. The van der Waals surface area contributed by atoms with E-state index >= 15 is 0 Å². The first kappa shape index (κ1) is 19.7. The smallest absolute Gasteiger partial charge is 0.230 e. The number of para-hydroxylation sites is 1. The van der Waals surface area contributed by atoms with Gasteiger partial charge in [0.2, 0.25) is 5.91 Å². The van der Waals surface area contributed by atoms with Crippen LogP contribution in [0.1, 0.15) is 51.5 Å². The van der Waals surface area contributed by atoms with E-state index < -0.39 is 0 Å². The van der Waals surface area contributed by atoms with Crippen LogP contribution in [0.25, 0.3) is 0 Å². The number of thioether (sulfide) groups is 1. The number of nitrogens with zero attached hydrogens (tertiary/aromatic N) is 3. The van der Waals surface area contributed by atoms with Gasteiger partial charge >= 0.3 is 0 Å². The number of benzene rings is 1. The third-order valence-electron chi connectivity index (χ3n) is 5.08. The molecule has 0 unspecified atom stereocenters. The highest BCUT2D eigenvalue weighted by atomic mass is 32.2. The van der Waals surface area contributed by atoms with E-state index in [1.54, 1.807) is 0 Å². The largest absolute Gasteiger partial charge is 0.483 e. The molecule has 3 atom stereocenters. The highest BCUT2D eigenvalue weighted by molar-refractivity contribution is 7.99. The molecule has 0 aliphatic heterocycles. The van der Waals surface area contributed by atoms with Crippen molar-refractivity contribution in [3.8, 4) is 5.75 Å². The summed E-state index contributed by atoms with van der Waals surface area (Å²) in [4.78, 5) is 12.3. The lowest BCUT2D eigenvalue weighted by molar-refractivity contribution is -0.119. The zero-order chi connectivity index (χ0) is 19.2. The summed E-state index contributed by atoms with van der Waals surface area (Å²) in [6.07, 6.45) is 4.53. The standard InChI is InChI=1S/C20H28N4O2S/c1-14-9-7-8-12-17(14)21-18(25)13-27-20-23-22-19(24(20)3)15(2)26-16-10-5-4-6-11-16/h4-6,10-11,14-15,17H,7-9,12-13H2,1-3H3,(H,21,25)/t14-,15+,17-/m1/s1. The summed E-state index contributed by atoms with van der Waals surface area (Å²) in [5, 5.41) is 12.4. The summed E-state index contributed by atoms with van der Waals surface area (Å²) >= 11 is 1.41. The summed E-state index contributed by atoms with van der Waals surface area (Å²) < 4.78 is 7.82. The normalized spacial score (nSPS) is 20.9. The first-order chi connectivity index (χ1) is 13.0. The third-order valence-corrected chi connectivity index (χ3v) is 6.10. The molecule has 27 heavy (non-hydrogen) atoms. The van der Waals surface area contributed by atoms with Crippen molar-refractivity contribution >= 4 is 17.7 Å². The van der Waals surface area contributed by atoms with E-state index in [1.807, 2.05) is 48.9 Å². The molecule has 1 N–H and O–H groups in total. The van der Waals surface area contributed by atoms with Crippen LogP contribution in [0.15, 0.2) is 35.5 Å². The predicted molar refractivity (Wildman–Crippen MR) is 107 cm³/mol. The van der Waals surface area contributed by atoms with Crippen LogP contribution in [-0.2, 0) is 11.8 Å². The van der Waals surface area contributed by atoms with Crippen LogP contribution in [-0.4, -0.2) is 32.5 Å². The van der Waals surface area contributed by atoms with Gasteiger partial charge in [0.05, 0.1) is 5.75 Å². The maximum atomic E-state index is 12.3. The van der Waals surface area contributed by atoms with Gasteiger partial charge in [0.25, 0.3) is 0 Å². The Morgan fingerprint density at radius 3 is 2.78 bits per heavy atom. The molecule has 1 aliphatic carbocycles. The first-order valence-electron chi connectivity index (χ1n) is 9.57. The first-order valence-corrected chi connectivity index (χ1v) is 10.6. The van der Waals surface area contributed by atoms with Gasteiger partial charge in [-0.3, -0.25) is 4.79 Å². The maximum absolute atomic E-state index is 12.3. The van der Waals surface area contributed by atoms with E-state index in [-0.39, 0.29) is 12.0 Å². The van der Waals surface area contributed by atoms with E-state index in [2.05, 4.69) is 22.4 Å². The lowest BCUT2D eigenvalue weighted by Gasteiger charge is -2.29. The minimum atomic E-state index is -0.226. The Kier molecular flexibility index (Phi) is 6.77. The van der Waals surface area contributed by atoms with Crippen molar-refractivity contribution in [3.63, 3.8) is 0 Å². The van der Waals surface area contributed by atoms with Gasteiger partial charge < -0.3 is 14.6 Å². The highest BCUT2D eigenvalue weighted by Gasteiger charge is 2.23. The molecule has 2 aromatic rings. The quantitative estimate of drug-likeness (QED) is 0.732. The zero-order valence-electron chi connectivity index (χ0n) is 16.2. The second-order valence-corrected chi connectivity index (χ2v) is 8.14. The number of hydrogen-bond acceptors (Lipinski definition) is 5. The monoisotopic (exact) mass is 388 g/mol. The molecule has 0 radical (unpaired) electrons. The Hall–Kier alpha value is -2.02. The topological polar surface area (TPSA) is 69.0 Å². The molecule has 1 aliphatic rings. The Balaban J connectivity index is 1.53. The average molecular weight is 389 g/mol. The highest BCUT2D eigenvalue weighted by Crippen LogP contribution is 2.25. The second kappa shape index (κ2) is 9.26. The number of carbonyl (C=O) groups excluding carboxylic acids is 1. The van der Waals surface area contributed by atoms with Crippen molar-refractivity contribution in [2.75, 3.05) is 5.75 Å². The van der Waals surface area contributed by atoms with Crippen LogP contribution in [0.2, 0.25) is 0 Å².